The average molecular weight is 479 g/mol. The van der Waals surface area contributed by atoms with Gasteiger partial charge in [0.25, 0.3) is 0 Å². The lowest BCUT2D eigenvalue weighted by Crippen LogP contribution is -2.25. The van der Waals surface area contributed by atoms with E-state index >= 15 is 0 Å². The van der Waals surface area contributed by atoms with E-state index in [-0.39, 0.29) is 12.3 Å². The van der Waals surface area contributed by atoms with E-state index in [4.69, 9.17) is 16.3 Å². The third kappa shape index (κ3) is 5.21. The van der Waals surface area contributed by atoms with Crippen molar-refractivity contribution in [2.75, 3.05) is 0 Å². The second kappa shape index (κ2) is 8.89. The lowest BCUT2D eigenvalue weighted by molar-refractivity contribution is -0.386. The predicted octanol–water partition coefficient (Wildman–Crippen LogP) is 4.14. The Morgan fingerprint density at radius 3 is 2.52 bits per heavy atom. The molecule has 0 bridgehead atoms. The molecule has 0 unspecified atom stereocenters. The first-order chi connectivity index (χ1) is 13.8. The van der Waals surface area contributed by atoms with Gasteiger partial charge in [0.15, 0.2) is 0 Å². The molecule has 148 valence electrons. The number of rotatable bonds is 6. The fourth-order valence-corrected chi connectivity index (χ4v) is 3.00. The fraction of sp³-hybridized carbons (Fsp3) is 0.0526. The van der Waals surface area contributed by atoms with E-state index in [0.29, 0.717) is 16.3 Å². The van der Waals surface area contributed by atoms with E-state index in [1.165, 1.54) is 12.2 Å². The smallest absolute Gasteiger partial charge is 0.357 e. The highest BCUT2D eigenvalue weighted by Gasteiger charge is 2.19. The van der Waals surface area contributed by atoms with Gasteiger partial charge in [0, 0.05) is 15.1 Å². The van der Waals surface area contributed by atoms with Gasteiger partial charge in [-0.05, 0) is 48.0 Å². The minimum Gasteiger partial charge on any atom is -0.488 e. The molecule has 0 aliphatic carbocycles. The summed E-state index contributed by atoms with van der Waals surface area (Å²) in [7, 11) is 0. The second-order valence-corrected chi connectivity index (χ2v) is 7.21. The van der Waals surface area contributed by atoms with Crippen molar-refractivity contribution in [3.05, 3.63) is 99.7 Å². The molecule has 29 heavy (non-hydrogen) atoms. The molecule has 0 saturated carbocycles. The van der Waals surface area contributed by atoms with Crippen LogP contribution in [-0.2, 0) is 6.61 Å². The number of aromatic amines is 2. The van der Waals surface area contributed by atoms with Gasteiger partial charge in [-0.25, -0.2) is 4.79 Å². The molecule has 10 heteroatoms. The lowest BCUT2D eigenvalue weighted by Gasteiger charge is -2.10. The Morgan fingerprint density at radius 1 is 1.10 bits per heavy atom. The molecule has 0 aliphatic heterocycles. The van der Waals surface area contributed by atoms with Crippen molar-refractivity contribution in [3.8, 4) is 5.75 Å². The van der Waals surface area contributed by atoms with E-state index < -0.39 is 21.9 Å². The molecule has 1 aromatic heterocycles. The maximum Gasteiger partial charge on any atom is 0.357 e. The van der Waals surface area contributed by atoms with Crippen molar-refractivity contribution in [2.24, 2.45) is 0 Å². The summed E-state index contributed by atoms with van der Waals surface area (Å²) < 4.78 is 6.60. The van der Waals surface area contributed by atoms with Crippen LogP contribution in [0.15, 0.2) is 56.5 Å². The quantitative estimate of drug-likeness (QED) is 0.408. The number of halogens is 2. The highest BCUT2D eigenvalue weighted by atomic mass is 79.9. The van der Waals surface area contributed by atoms with Gasteiger partial charge in [-0.1, -0.05) is 39.7 Å². The molecule has 8 nitrogen and oxygen atoms in total. The van der Waals surface area contributed by atoms with E-state index in [1.54, 1.807) is 30.3 Å². The zero-order valence-electron chi connectivity index (χ0n) is 14.6. The van der Waals surface area contributed by atoms with Crippen LogP contribution in [0, 0.1) is 10.1 Å². The van der Waals surface area contributed by atoms with Crippen molar-refractivity contribution in [1.29, 1.82) is 0 Å². The minimum absolute atomic E-state index is 0.215. The summed E-state index contributed by atoms with van der Waals surface area (Å²) in [4.78, 5) is 37.6. The van der Waals surface area contributed by atoms with Crippen molar-refractivity contribution >= 4 is 45.4 Å². The van der Waals surface area contributed by atoms with E-state index in [2.05, 4.69) is 20.9 Å². The lowest BCUT2D eigenvalue weighted by atomic mass is 10.1. The molecular formula is C19H13BrClN3O5. The number of hydrogen-bond donors (Lipinski definition) is 2. The molecule has 3 aromatic rings. The zero-order chi connectivity index (χ0) is 21.0. The van der Waals surface area contributed by atoms with Crippen molar-refractivity contribution in [2.45, 2.75) is 6.61 Å². The third-order valence-electron chi connectivity index (χ3n) is 3.84. The van der Waals surface area contributed by atoms with Crippen LogP contribution in [0.1, 0.15) is 16.8 Å². The molecule has 0 amide bonds. The zero-order valence-corrected chi connectivity index (χ0v) is 17.0. The van der Waals surface area contributed by atoms with Crippen LogP contribution in [0.2, 0.25) is 5.02 Å². The number of H-pyrrole nitrogens is 2. The van der Waals surface area contributed by atoms with Crippen molar-refractivity contribution in [1.82, 2.24) is 9.97 Å². The summed E-state index contributed by atoms with van der Waals surface area (Å²) in [5.41, 5.74) is -1.39. The summed E-state index contributed by atoms with van der Waals surface area (Å²) in [5, 5.41) is 11.8. The number of benzene rings is 2. The molecule has 0 radical (unpaired) electrons. The van der Waals surface area contributed by atoms with Gasteiger partial charge in [-0.15, -0.1) is 0 Å². The number of ether oxygens (including phenoxy) is 1. The number of nitrogens with one attached hydrogen (secondary N) is 2. The Kier molecular flexibility index (Phi) is 6.30. The molecular weight excluding hydrogens is 466 g/mol. The van der Waals surface area contributed by atoms with Gasteiger partial charge in [0.1, 0.15) is 18.1 Å². The summed E-state index contributed by atoms with van der Waals surface area (Å²) in [6, 6.07) is 12.4. The molecule has 0 aliphatic rings. The molecule has 0 fully saturated rings. The maximum absolute atomic E-state index is 11.7. The average Bonchev–Trinajstić information content (AvgIpc) is 2.66. The Bertz CT molecular complexity index is 1200. The minimum atomic E-state index is -1.08. The van der Waals surface area contributed by atoms with Gasteiger partial charge in [-0.3, -0.25) is 19.9 Å². The maximum atomic E-state index is 11.7. The molecule has 3 rings (SSSR count). The highest BCUT2D eigenvalue weighted by Crippen LogP contribution is 2.26. The van der Waals surface area contributed by atoms with Gasteiger partial charge in [-0.2, -0.15) is 0 Å². The Hall–Kier alpha value is -3.17. The number of nitro groups is 1. The monoisotopic (exact) mass is 477 g/mol. The molecule has 2 aromatic carbocycles. The van der Waals surface area contributed by atoms with Crippen molar-refractivity contribution < 1.29 is 9.66 Å². The number of hydrogen-bond acceptors (Lipinski definition) is 5. The van der Waals surface area contributed by atoms with Gasteiger partial charge >= 0.3 is 16.9 Å². The molecule has 0 atom stereocenters. The number of aromatic nitrogens is 2. The largest absolute Gasteiger partial charge is 0.488 e. The topological polar surface area (TPSA) is 118 Å². The first-order valence-corrected chi connectivity index (χ1v) is 9.36. The highest BCUT2D eigenvalue weighted by molar-refractivity contribution is 9.10. The summed E-state index contributed by atoms with van der Waals surface area (Å²) in [5.74, 6) is 0.509. The molecule has 2 N–H and O–H groups in total. The first-order valence-electron chi connectivity index (χ1n) is 8.19. The van der Waals surface area contributed by atoms with Crippen LogP contribution in [0.4, 0.5) is 5.69 Å². The second-order valence-electron chi connectivity index (χ2n) is 5.86. The Morgan fingerprint density at radius 2 is 1.83 bits per heavy atom. The van der Waals surface area contributed by atoms with Gasteiger partial charge in [0.2, 0.25) is 0 Å². The molecule has 0 saturated heterocycles. The van der Waals surface area contributed by atoms with Crippen LogP contribution in [0.5, 0.6) is 5.75 Å². The standard InChI is InChI=1S/C19H13BrClN3O5/c20-13-4-8-16(29-10-11-1-5-14(21)6-2-11)12(9-13)3-7-15-17(24(27)28)18(25)23-19(26)22-15/h1-9H,10H2,(H2,22,23,25,26)/b7-3-. The summed E-state index contributed by atoms with van der Waals surface area (Å²) >= 11 is 9.24. The fourth-order valence-electron chi connectivity index (χ4n) is 2.50. The number of nitrogens with zero attached hydrogens (tertiary/aromatic N) is 1. The normalized spacial score (nSPS) is 11.0. The van der Waals surface area contributed by atoms with Gasteiger partial charge < -0.3 is 9.72 Å². The predicted molar refractivity (Wildman–Crippen MR) is 113 cm³/mol. The SMILES string of the molecule is O=c1[nH]c(/C=C\c2cc(Br)ccc2OCc2ccc(Cl)cc2)c([N+](=O)[O-])c(=O)[nH]1. The molecule has 0 spiro atoms. The summed E-state index contributed by atoms with van der Waals surface area (Å²) in [6.45, 7) is 0.279. The van der Waals surface area contributed by atoms with Gasteiger partial charge in [0.05, 0.1) is 4.92 Å². The van der Waals surface area contributed by atoms with Crippen LogP contribution in [-0.4, -0.2) is 14.9 Å². The van der Waals surface area contributed by atoms with E-state index in [1.807, 2.05) is 17.1 Å². The Labute approximate surface area is 177 Å². The van der Waals surface area contributed by atoms with E-state index in [9.17, 15) is 19.7 Å². The van der Waals surface area contributed by atoms with Crippen LogP contribution in [0.25, 0.3) is 12.2 Å². The third-order valence-corrected chi connectivity index (χ3v) is 4.58. The summed E-state index contributed by atoms with van der Waals surface area (Å²) in [6.07, 6.45) is 2.80. The Balaban J connectivity index is 1.92. The van der Waals surface area contributed by atoms with E-state index in [0.717, 1.165) is 10.0 Å². The molecule has 1 heterocycles. The van der Waals surface area contributed by atoms with Crippen LogP contribution >= 0.6 is 27.5 Å². The van der Waals surface area contributed by atoms with Crippen LogP contribution in [0.3, 0.4) is 0 Å². The first kappa shape index (κ1) is 20.6. The van der Waals surface area contributed by atoms with Crippen LogP contribution < -0.4 is 16.0 Å². The van der Waals surface area contributed by atoms with Crippen molar-refractivity contribution in [3.63, 3.8) is 0 Å².